The Hall–Kier alpha value is -1.51. The molecule has 1 aliphatic rings. The summed E-state index contributed by atoms with van der Waals surface area (Å²) in [6.07, 6.45) is 2.59. The molecule has 0 radical (unpaired) electrons. The molecule has 27 heavy (non-hydrogen) atoms. The molecule has 1 aliphatic heterocycles. The first-order valence-electron chi connectivity index (χ1n) is 9.72. The smallest absolute Gasteiger partial charge is 0.222 e. The van der Waals surface area contributed by atoms with Crippen molar-refractivity contribution in [2.24, 2.45) is 4.99 Å². The van der Waals surface area contributed by atoms with E-state index in [-0.39, 0.29) is 35.9 Å². The number of hydrogen-bond donors (Lipinski definition) is 2. The zero-order chi connectivity index (χ0) is 18.8. The van der Waals surface area contributed by atoms with Crippen LogP contribution >= 0.6 is 24.0 Å². The van der Waals surface area contributed by atoms with Crippen LogP contribution in [0.5, 0.6) is 0 Å². The molecule has 0 bridgehead atoms. The van der Waals surface area contributed by atoms with Crippen molar-refractivity contribution >= 4 is 41.5 Å². The van der Waals surface area contributed by atoms with Crippen molar-refractivity contribution in [2.45, 2.75) is 39.2 Å². The van der Waals surface area contributed by atoms with Crippen molar-refractivity contribution in [3.8, 4) is 0 Å². The maximum absolute atomic E-state index is 11.8. The third-order valence-corrected chi connectivity index (χ3v) is 4.81. The molecule has 0 aromatic heterocycles. The number of hydrogen-bond acceptors (Lipinski definition) is 3. The summed E-state index contributed by atoms with van der Waals surface area (Å²) in [4.78, 5) is 20.4. The molecule has 1 amide bonds. The van der Waals surface area contributed by atoms with Gasteiger partial charge in [-0.2, -0.15) is 0 Å². The van der Waals surface area contributed by atoms with E-state index in [1.54, 1.807) is 7.05 Å². The number of halogens is 1. The summed E-state index contributed by atoms with van der Waals surface area (Å²) >= 11 is 0. The van der Waals surface area contributed by atoms with Gasteiger partial charge in [0.1, 0.15) is 0 Å². The normalized spacial score (nSPS) is 16.6. The summed E-state index contributed by atoms with van der Waals surface area (Å²) in [6, 6.07) is 10.8. The van der Waals surface area contributed by atoms with Crippen LogP contribution in [-0.4, -0.2) is 62.6 Å². The van der Waals surface area contributed by atoms with Crippen LogP contribution < -0.4 is 15.5 Å². The topological polar surface area (TPSA) is 60.0 Å². The maximum atomic E-state index is 11.8. The number of guanidine groups is 1. The summed E-state index contributed by atoms with van der Waals surface area (Å²) in [5.74, 6) is 1.06. The maximum Gasteiger partial charge on any atom is 0.222 e. The van der Waals surface area contributed by atoms with Crippen LogP contribution in [-0.2, 0) is 4.79 Å². The minimum Gasteiger partial charge on any atom is -0.372 e. The van der Waals surface area contributed by atoms with E-state index in [1.807, 2.05) is 17.9 Å². The van der Waals surface area contributed by atoms with Crippen molar-refractivity contribution in [1.29, 1.82) is 0 Å². The average Bonchev–Trinajstić information content (AvgIpc) is 3.15. The predicted molar refractivity (Wildman–Crippen MR) is 124 cm³/mol. The molecular weight excluding hydrogens is 453 g/mol. The van der Waals surface area contributed by atoms with Crippen LogP contribution in [0.3, 0.4) is 0 Å². The quantitative estimate of drug-likeness (QED) is 0.256. The molecule has 7 heteroatoms. The lowest BCUT2D eigenvalue weighted by Crippen LogP contribution is -2.45. The Morgan fingerprint density at radius 2 is 2.04 bits per heavy atom. The molecule has 0 aliphatic carbocycles. The molecule has 152 valence electrons. The molecule has 0 saturated carbocycles. The van der Waals surface area contributed by atoms with E-state index >= 15 is 0 Å². The van der Waals surface area contributed by atoms with Gasteiger partial charge in [0.2, 0.25) is 5.91 Å². The van der Waals surface area contributed by atoms with Gasteiger partial charge in [0.15, 0.2) is 5.96 Å². The molecule has 1 heterocycles. The Morgan fingerprint density at radius 3 is 2.67 bits per heavy atom. The first-order valence-corrected chi connectivity index (χ1v) is 9.72. The van der Waals surface area contributed by atoms with Gasteiger partial charge in [-0.15, -0.1) is 24.0 Å². The van der Waals surface area contributed by atoms with Gasteiger partial charge in [-0.3, -0.25) is 9.79 Å². The molecule has 1 atom stereocenters. The summed E-state index contributed by atoms with van der Waals surface area (Å²) in [6.45, 7) is 8.58. The Kier molecular flexibility index (Phi) is 11.2. The third kappa shape index (κ3) is 7.56. The minimum absolute atomic E-state index is 0. The number of carbonyl (C=O) groups is 1. The SMILES string of the molecule is CCC(=O)N1CCC(NC(=NC)NCCCN(CC)c2ccccc2)C1.I. The van der Waals surface area contributed by atoms with Crippen LogP contribution in [0, 0.1) is 0 Å². The standard InChI is InChI=1S/C20H33N5O.HI/c1-4-19(26)25-15-12-17(16-25)23-20(21-3)22-13-9-14-24(5-2)18-10-7-6-8-11-18;/h6-8,10-11,17H,4-5,9,12-16H2,1-3H3,(H2,21,22,23);1H. The number of benzene rings is 1. The van der Waals surface area contributed by atoms with Gasteiger partial charge >= 0.3 is 0 Å². The zero-order valence-corrected chi connectivity index (χ0v) is 19.1. The Morgan fingerprint density at radius 1 is 1.30 bits per heavy atom. The lowest BCUT2D eigenvalue weighted by atomic mass is 10.2. The summed E-state index contributed by atoms with van der Waals surface area (Å²) < 4.78 is 0. The van der Waals surface area contributed by atoms with Crippen LogP contribution in [0.15, 0.2) is 35.3 Å². The Balaban J connectivity index is 0.00000364. The van der Waals surface area contributed by atoms with Gasteiger partial charge in [-0.1, -0.05) is 25.1 Å². The van der Waals surface area contributed by atoms with E-state index in [2.05, 4.69) is 51.7 Å². The second-order valence-electron chi connectivity index (χ2n) is 6.59. The van der Waals surface area contributed by atoms with Crippen LogP contribution in [0.1, 0.15) is 33.1 Å². The number of rotatable bonds is 8. The van der Waals surface area contributed by atoms with Crippen molar-refractivity contribution in [3.63, 3.8) is 0 Å². The number of nitrogens with one attached hydrogen (secondary N) is 2. The average molecular weight is 487 g/mol. The molecule has 1 aromatic rings. The number of para-hydroxylation sites is 1. The first-order chi connectivity index (χ1) is 12.7. The number of anilines is 1. The monoisotopic (exact) mass is 487 g/mol. The molecule has 1 fully saturated rings. The number of carbonyl (C=O) groups excluding carboxylic acids is 1. The largest absolute Gasteiger partial charge is 0.372 e. The van der Waals surface area contributed by atoms with E-state index < -0.39 is 0 Å². The molecule has 1 saturated heterocycles. The molecule has 6 nitrogen and oxygen atoms in total. The summed E-state index contributed by atoms with van der Waals surface area (Å²) in [5.41, 5.74) is 1.27. The lowest BCUT2D eigenvalue weighted by molar-refractivity contribution is -0.129. The third-order valence-electron chi connectivity index (χ3n) is 4.81. The molecular formula is C20H34IN5O. The highest BCUT2D eigenvalue weighted by molar-refractivity contribution is 14.0. The minimum atomic E-state index is 0. The molecule has 1 aromatic carbocycles. The van der Waals surface area contributed by atoms with E-state index in [1.165, 1.54) is 5.69 Å². The van der Waals surface area contributed by atoms with Gasteiger partial charge in [0, 0.05) is 57.9 Å². The van der Waals surface area contributed by atoms with Crippen LogP contribution in [0.2, 0.25) is 0 Å². The predicted octanol–water partition coefficient (Wildman–Crippen LogP) is 2.70. The molecule has 2 N–H and O–H groups in total. The van der Waals surface area contributed by atoms with Crippen LogP contribution in [0.25, 0.3) is 0 Å². The first kappa shape index (κ1) is 23.5. The van der Waals surface area contributed by atoms with E-state index in [9.17, 15) is 4.79 Å². The molecule has 2 rings (SSSR count). The highest BCUT2D eigenvalue weighted by atomic mass is 127. The van der Waals surface area contributed by atoms with Crippen LogP contribution in [0.4, 0.5) is 5.69 Å². The number of aliphatic imine (C=N–C) groups is 1. The van der Waals surface area contributed by atoms with E-state index in [0.29, 0.717) is 6.42 Å². The second-order valence-corrected chi connectivity index (χ2v) is 6.59. The number of nitrogens with zero attached hydrogens (tertiary/aromatic N) is 3. The van der Waals surface area contributed by atoms with Gasteiger partial charge in [0.25, 0.3) is 0 Å². The van der Waals surface area contributed by atoms with Gasteiger partial charge in [-0.05, 0) is 31.9 Å². The summed E-state index contributed by atoms with van der Waals surface area (Å²) in [5, 5.41) is 6.83. The fourth-order valence-electron chi connectivity index (χ4n) is 3.30. The Labute approximate surface area is 180 Å². The van der Waals surface area contributed by atoms with Gasteiger partial charge in [0.05, 0.1) is 0 Å². The van der Waals surface area contributed by atoms with E-state index in [0.717, 1.165) is 51.5 Å². The van der Waals surface area contributed by atoms with Crippen molar-refractivity contribution < 1.29 is 4.79 Å². The molecule has 0 spiro atoms. The van der Waals surface area contributed by atoms with Crippen molar-refractivity contribution in [3.05, 3.63) is 30.3 Å². The number of likely N-dealkylation sites (tertiary alicyclic amines) is 1. The Bertz CT molecular complexity index is 581. The zero-order valence-electron chi connectivity index (χ0n) is 16.8. The summed E-state index contributed by atoms with van der Waals surface area (Å²) in [7, 11) is 1.79. The highest BCUT2D eigenvalue weighted by Crippen LogP contribution is 2.13. The van der Waals surface area contributed by atoms with E-state index in [4.69, 9.17) is 0 Å². The highest BCUT2D eigenvalue weighted by Gasteiger charge is 2.25. The van der Waals surface area contributed by atoms with Gasteiger partial charge in [-0.25, -0.2) is 0 Å². The van der Waals surface area contributed by atoms with Crippen molar-refractivity contribution in [1.82, 2.24) is 15.5 Å². The van der Waals surface area contributed by atoms with Crippen molar-refractivity contribution in [2.75, 3.05) is 44.7 Å². The molecule has 1 unspecified atom stereocenters. The lowest BCUT2D eigenvalue weighted by Gasteiger charge is -2.23. The number of amides is 1. The second kappa shape index (κ2) is 12.8. The van der Waals surface area contributed by atoms with Gasteiger partial charge < -0.3 is 20.4 Å². The fraction of sp³-hybridized carbons (Fsp3) is 0.600. The fourth-order valence-corrected chi connectivity index (χ4v) is 3.30.